The molecule has 0 unspecified atom stereocenters. The second-order valence-electron chi connectivity index (χ2n) is 7.67. The molecular formula is C25H16Cl3N3O6S. The first-order valence-electron chi connectivity index (χ1n) is 10.6. The van der Waals surface area contributed by atoms with Gasteiger partial charge in [-0.2, -0.15) is 0 Å². The van der Waals surface area contributed by atoms with Crippen molar-refractivity contribution in [3.05, 3.63) is 116 Å². The fourth-order valence-electron chi connectivity index (χ4n) is 3.25. The third-order valence-corrected chi connectivity index (χ3v) is 7.32. The van der Waals surface area contributed by atoms with Crippen LogP contribution >= 0.6 is 34.8 Å². The number of nitrogens with one attached hydrogen (secondary N) is 2. The SMILES string of the molecule is O=C(Nc1ccc([N+](=O)[O-])cc1Cl)c1cc(Cl)ccc1NS(=O)(=O)c1ccc(Oc2ccccc2Cl)cc1. The third-order valence-electron chi connectivity index (χ3n) is 5.08. The summed E-state index contributed by atoms with van der Waals surface area (Å²) in [5, 5.41) is 13.9. The van der Waals surface area contributed by atoms with Gasteiger partial charge in [0.05, 0.1) is 36.8 Å². The lowest BCUT2D eigenvalue weighted by molar-refractivity contribution is -0.384. The average molecular weight is 593 g/mol. The number of non-ortho nitro benzene ring substituents is 1. The smallest absolute Gasteiger partial charge is 0.271 e. The Labute approximate surface area is 232 Å². The van der Waals surface area contributed by atoms with Crippen LogP contribution in [-0.2, 0) is 10.0 Å². The molecule has 4 aromatic carbocycles. The van der Waals surface area contributed by atoms with Crippen molar-refractivity contribution < 1.29 is 22.9 Å². The predicted octanol–water partition coefficient (Wildman–Crippen LogP) is 7.40. The highest BCUT2D eigenvalue weighted by atomic mass is 35.5. The quantitative estimate of drug-likeness (QED) is 0.162. The Morgan fingerprint density at radius 1 is 0.842 bits per heavy atom. The van der Waals surface area contributed by atoms with E-state index in [1.54, 1.807) is 24.3 Å². The summed E-state index contributed by atoms with van der Waals surface area (Å²) in [6.45, 7) is 0. The zero-order chi connectivity index (χ0) is 27.4. The molecule has 0 aliphatic rings. The summed E-state index contributed by atoms with van der Waals surface area (Å²) in [6.07, 6.45) is 0. The molecular weight excluding hydrogens is 577 g/mol. The lowest BCUT2D eigenvalue weighted by Gasteiger charge is -2.14. The summed E-state index contributed by atoms with van der Waals surface area (Å²) < 4.78 is 34.2. The van der Waals surface area contributed by atoms with E-state index >= 15 is 0 Å². The minimum atomic E-state index is -4.13. The average Bonchev–Trinajstić information content (AvgIpc) is 2.87. The van der Waals surface area contributed by atoms with Gasteiger partial charge in [0.1, 0.15) is 11.5 Å². The van der Waals surface area contributed by atoms with E-state index < -0.39 is 20.9 Å². The van der Waals surface area contributed by atoms with E-state index in [4.69, 9.17) is 39.5 Å². The number of hydrogen-bond donors (Lipinski definition) is 2. The van der Waals surface area contributed by atoms with Gasteiger partial charge in [0.2, 0.25) is 0 Å². The first-order valence-corrected chi connectivity index (χ1v) is 13.3. The molecule has 0 bridgehead atoms. The van der Waals surface area contributed by atoms with Crippen molar-refractivity contribution in [2.24, 2.45) is 0 Å². The van der Waals surface area contributed by atoms with E-state index in [0.717, 1.165) is 6.07 Å². The van der Waals surface area contributed by atoms with Crippen molar-refractivity contribution in [1.29, 1.82) is 0 Å². The molecule has 13 heteroatoms. The number of carbonyl (C=O) groups excluding carboxylic acids is 1. The molecule has 0 atom stereocenters. The van der Waals surface area contributed by atoms with Gasteiger partial charge in [0.15, 0.2) is 0 Å². The van der Waals surface area contributed by atoms with E-state index in [1.165, 1.54) is 54.6 Å². The number of para-hydroxylation sites is 1. The van der Waals surface area contributed by atoms with Gasteiger partial charge in [0.25, 0.3) is 21.6 Å². The van der Waals surface area contributed by atoms with Gasteiger partial charge in [-0.15, -0.1) is 0 Å². The van der Waals surface area contributed by atoms with Crippen LogP contribution in [0.25, 0.3) is 0 Å². The molecule has 0 saturated carbocycles. The fraction of sp³-hybridized carbons (Fsp3) is 0. The molecule has 0 aromatic heterocycles. The number of anilines is 2. The number of carbonyl (C=O) groups is 1. The molecule has 2 N–H and O–H groups in total. The van der Waals surface area contributed by atoms with Crippen LogP contribution in [0.15, 0.2) is 89.8 Å². The van der Waals surface area contributed by atoms with Crippen molar-refractivity contribution in [2.75, 3.05) is 10.0 Å². The van der Waals surface area contributed by atoms with Gasteiger partial charge in [-0.25, -0.2) is 8.42 Å². The fourth-order valence-corrected chi connectivity index (χ4v) is 4.90. The number of halogens is 3. The summed E-state index contributed by atoms with van der Waals surface area (Å²) >= 11 is 18.2. The molecule has 0 heterocycles. The molecule has 0 radical (unpaired) electrons. The van der Waals surface area contributed by atoms with Gasteiger partial charge in [-0.3, -0.25) is 19.6 Å². The van der Waals surface area contributed by atoms with Crippen molar-refractivity contribution in [2.45, 2.75) is 4.90 Å². The highest BCUT2D eigenvalue weighted by molar-refractivity contribution is 7.92. The number of hydrogen-bond acceptors (Lipinski definition) is 6. The monoisotopic (exact) mass is 591 g/mol. The van der Waals surface area contributed by atoms with Crippen molar-refractivity contribution in [3.63, 3.8) is 0 Å². The normalized spacial score (nSPS) is 11.0. The molecule has 4 aromatic rings. The Hall–Kier alpha value is -3.83. The van der Waals surface area contributed by atoms with E-state index in [9.17, 15) is 23.3 Å². The lowest BCUT2D eigenvalue weighted by Crippen LogP contribution is -2.19. The number of nitro groups is 1. The summed E-state index contributed by atoms with van der Waals surface area (Å²) in [7, 11) is -4.13. The first kappa shape index (κ1) is 27.2. The largest absolute Gasteiger partial charge is 0.456 e. The Morgan fingerprint density at radius 2 is 1.53 bits per heavy atom. The minimum Gasteiger partial charge on any atom is -0.456 e. The Balaban J connectivity index is 1.55. The second kappa shape index (κ2) is 11.3. The van der Waals surface area contributed by atoms with Crippen LogP contribution in [0.3, 0.4) is 0 Å². The molecule has 9 nitrogen and oxygen atoms in total. The molecule has 4 rings (SSSR count). The first-order chi connectivity index (χ1) is 18.0. The number of nitrogens with zero attached hydrogens (tertiary/aromatic N) is 1. The maximum Gasteiger partial charge on any atom is 0.271 e. The lowest BCUT2D eigenvalue weighted by atomic mass is 10.1. The zero-order valence-electron chi connectivity index (χ0n) is 19.0. The Morgan fingerprint density at radius 3 is 2.18 bits per heavy atom. The second-order valence-corrected chi connectivity index (χ2v) is 10.6. The molecule has 0 fully saturated rings. The maximum atomic E-state index is 13.1. The Kier molecular flexibility index (Phi) is 8.08. The number of ether oxygens (including phenoxy) is 1. The number of benzene rings is 4. The summed E-state index contributed by atoms with van der Waals surface area (Å²) in [4.78, 5) is 23.2. The molecule has 1 amide bonds. The van der Waals surface area contributed by atoms with Crippen LogP contribution in [0.4, 0.5) is 17.1 Å². The van der Waals surface area contributed by atoms with Crippen LogP contribution in [0.2, 0.25) is 15.1 Å². The summed E-state index contributed by atoms with van der Waals surface area (Å²) in [5.41, 5.74) is -0.326. The third kappa shape index (κ3) is 6.35. The maximum absolute atomic E-state index is 13.1. The van der Waals surface area contributed by atoms with Crippen LogP contribution in [0, 0.1) is 10.1 Å². The molecule has 0 aliphatic carbocycles. The number of rotatable bonds is 8. The summed E-state index contributed by atoms with van der Waals surface area (Å²) in [6, 6.07) is 20.0. The van der Waals surface area contributed by atoms with E-state index in [0.29, 0.717) is 16.5 Å². The predicted molar refractivity (Wildman–Crippen MR) is 146 cm³/mol. The molecule has 194 valence electrons. The van der Waals surface area contributed by atoms with Crippen LogP contribution in [0.1, 0.15) is 10.4 Å². The van der Waals surface area contributed by atoms with Crippen molar-refractivity contribution in [3.8, 4) is 11.5 Å². The van der Waals surface area contributed by atoms with Gasteiger partial charge >= 0.3 is 0 Å². The van der Waals surface area contributed by atoms with Crippen LogP contribution in [-0.4, -0.2) is 19.2 Å². The van der Waals surface area contributed by atoms with E-state index in [2.05, 4.69) is 10.0 Å². The highest BCUT2D eigenvalue weighted by Crippen LogP contribution is 2.31. The molecule has 0 aliphatic heterocycles. The summed E-state index contributed by atoms with van der Waals surface area (Å²) in [5.74, 6) is 0.0286. The van der Waals surface area contributed by atoms with E-state index in [1.807, 2.05) is 0 Å². The zero-order valence-corrected chi connectivity index (χ0v) is 22.1. The van der Waals surface area contributed by atoms with Gasteiger partial charge in [-0.1, -0.05) is 46.9 Å². The van der Waals surface area contributed by atoms with Gasteiger partial charge in [-0.05, 0) is 60.7 Å². The molecule has 0 saturated heterocycles. The standard InChI is InChI=1S/C25H16Cl3N3O6S/c26-15-5-11-22(19(13-15)25(32)29-23-12-6-16(31(33)34)14-21(23)28)30-38(35,36)18-9-7-17(8-10-18)37-24-4-2-1-3-20(24)27/h1-14,30H,(H,29,32). The topological polar surface area (TPSA) is 128 Å². The number of sulfonamides is 1. The van der Waals surface area contributed by atoms with Gasteiger partial charge < -0.3 is 10.1 Å². The Bertz CT molecular complexity index is 1650. The molecule has 38 heavy (non-hydrogen) atoms. The van der Waals surface area contributed by atoms with Crippen LogP contribution < -0.4 is 14.8 Å². The highest BCUT2D eigenvalue weighted by Gasteiger charge is 2.21. The van der Waals surface area contributed by atoms with E-state index in [-0.39, 0.29) is 37.6 Å². The van der Waals surface area contributed by atoms with Gasteiger partial charge in [0, 0.05) is 17.2 Å². The molecule has 0 spiro atoms. The van der Waals surface area contributed by atoms with Crippen molar-refractivity contribution >= 4 is 67.8 Å². The number of nitro benzene ring substituents is 1. The van der Waals surface area contributed by atoms with Crippen molar-refractivity contribution in [1.82, 2.24) is 0 Å². The number of amides is 1. The minimum absolute atomic E-state index is 0.0543. The van der Waals surface area contributed by atoms with Crippen LogP contribution in [0.5, 0.6) is 11.5 Å².